The topological polar surface area (TPSA) is 163 Å². The third-order valence-corrected chi connectivity index (χ3v) is 5.02. The molecule has 11 nitrogen and oxygen atoms in total. The Hall–Kier alpha value is -3.89. The van der Waals surface area contributed by atoms with Crippen molar-refractivity contribution in [1.82, 2.24) is 15.2 Å². The van der Waals surface area contributed by atoms with Crippen molar-refractivity contribution in [2.24, 2.45) is 10.4 Å². The van der Waals surface area contributed by atoms with Crippen LogP contribution in [0, 0.1) is 16.2 Å². The third-order valence-electron chi connectivity index (χ3n) is 5.02. The average molecular weight is 441 g/mol. The summed E-state index contributed by atoms with van der Waals surface area (Å²) >= 11 is 0. The molecule has 0 saturated carbocycles. The van der Waals surface area contributed by atoms with Gasteiger partial charge in [0.15, 0.2) is 0 Å². The summed E-state index contributed by atoms with van der Waals surface area (Å²) in [5.74, 6) is -1.82. The third kappa shape index (κ3) is 5.42. The fourth-order valence-electron chi connectivity index (χ4n) is 3.08. The zero-order chi connectivity index (χ0) is 24.1. The minimum atomic E-state index is -1.26. The van der Waals surface area contributed by atoms with Crippen molar-refractivity contribution in [1.29, 1.82) is 10.8 Å². The van der Waals surface area contributed by atoms with E-state index < -0.39 is 23.3 Å². The highest BCUT2D eigenvalue weighted by molar-refractivity contribution is 6.11. The van der Waals surface area contributed by atoms with E-state index in [4.69, 9.17) is 15.9 Å². The quantitative estimate of drug-likeness (QED) is 0.269. The van der Waals surface area contributed by atoms with Crippen LogP contribution in [0.25, 0.3) is 0 Å². The molecule has 2 rings (SSSR count). The van der Waals surface area contributed by atoms with Crippen molar-refractivity contribution < 1.29 is 19.5 Å². The fourth-order valence-corrected chi connectivity index (χ4v) is 3.08. The maximum absolute atomic E-state index is 12.8. The Balaban J connectivity index is 2.22. The summed E-state index contributed by atoms with van der Waals surface area (Å²) < 4.78 is 0. The highest BCUT2D eigenvalue weighted by Crippen LogP contribution is 2.30. The van der Waals surface area contributed by atoms with E-state index in [-0.39, 0.29) is 28.8 Å². The lowest BCUT2D eigenvalue weighted by Crippen LogP contribution is -2.50. The van der Waals surface area contributed by atoms with Crippen LogP contribution in [0.4, 0.5) is 5.82 Å². The fraction of sp³-hybridized carbons (Fsp3) is 0.381. The second-order valence-electron chi connectivity index (χ2n) is 7.86. The van der Waals surface area contributed by atoms with Gasteiger partial charge in [-0.1, -0.05) is 19.9 Å². The van der Waals surface area contributed by atoms with Crippen LogP contribution >= 0.6 is 0 Å². The number of rotatable bonds is 8. The van der Waals surface area contributed by atoms with E-state index in [1.165, 1.54) is 35.3 Å². The molecule has 1 unspecified atom stereocenters. The molecule has 1 aromatic heterocycles. The van der Waals surface area contributed by atoms with Crippen molar-refractivity contribution in [2.75, 3.05) is 25.5 Å². The molecular formula is C21H27N7O4. The van der Waals surface area contributed by atoms with Gasteiger partial charge in [0.05, 0.1) is 5.57 Å². The number of likely N-dealkylation sites (tertiary alicyclic amines) is 1. The summed E-state index contributed by atoms with van der Waals surface area (Å²) in [6, 6.07) is 3.70. The van der Waals surface area contributed by atoms with Crippen LogP contribution in [-0.2, 0) is 9.59 Å². The van der Waals surface area contributed by atoms with Gasteiger partial charge >= 0.3 is 5.97 Å². The molecule has 1 aliphatic heterocycles. The van der Waals surface area contributed by atoms with Crippen LogP contribution in [0.2, 0.25) is 0 Å². The Labute approximate surface area is 185 Å². The van der Waals surface area contributed by atoms with Crippen LogP contribution in [0.1, 0.15) is 30.8 Å². The first kappa shape index (κ1) is 24.4. The Kier molecular flexibility index (Phi) is 7.58. The molecule has 1 aromatic rings. The number of aliphatic imine (C=N–C) groups is 1. The van der Waals surface area contributed by atoms with E-state index in [0.717, 1.165) is 0 Å². The lowest BCUT2D eigenvalue weighted by Gasteiger charge is -2.25. The number of carbonyl (C=O) groups is 3. The van der Waals surface area contributed by atoms with Crippen molar-refractivity contribution in [3.63, 3.8) is 0 Å². The van der Waals surface area contributed by atoms with Gasteiger partial charge in [-0.25, -0.2) is 9.78 Å². The number of nitrogens with zero attached hydrogens (tertiary/aromatic N) is 4. The van der Waals surface area contributed by atoms with Crippen LogP contribution in [0.5, 0.6) is 0 Å². The number of amides is 2. The molecule has 0 radical (unpaired) electrons. The van der Waals surface area contributed by atoms with E-state index >= 15 is 0 Å². The number of carbonyl (C=O) groups excluding carboxylic acids is 2. The number of carboxylic acid groups (broad SMARTS) is 1. The smallest absolute Gasteiger partial charge is 0.338 e. The first-order valence-corrected chi connectivity index (χ1v) is 9.81. The van der Waals surface area contributed by atoms with Gasteiger partial charge in [0.25, 0.3) is 5.91 Å². The van der Waals surface area contributed by atoms with E-state index in [9.17, 15) is 14.4 Å². The van der Waals surface area contributed by atoms with Gasteiger partial charge in [-0.05, 0) is 18.6 Å². The SMILES string of the molecule is CN=CC(NC(=O)c1cccc(N(C)C=C(C=N)C(=O)O)n1)C(=N)N1CCC(C)(C)C1=O. The Bertz CT molecular complexity index is 1000. The number of nitrogens with one attached hydrogen (secondary N) is 3. The number of anilines is 1. The molecule has 2 heterocycles. The number of carboxylic acids is 1. The second-order valence-corrected chi connectivity index (χ2v) is 7.86. The molecule has 1 aliphatic rings. The summed E-state index contributed by atoms with van der Waals surface area (Å²) in [5.41, 5.74) is -0.788. The van der Waals surface area contributed by atoms with Crippen LogP contribution < -0.4 is 10.2 Å². The van der Waals surface area contributed by atoms with Gasteiger partial charge in [0.1, 0.15) is 23.4 Å². The van der Waals surface area contributed by atoms with Gasteiger partial charge in [-0.15, -0.1) is 0 Å². The lowest BCUT2D eigenvalue weighted by atomic mass is 9.92. The summed E-state index contributed by atoms with van der Waals surface area (Å²) in [4.78, 5) is 47.3. The van der Waals surface area contributed by atoms with E-state index in [1.807, 2.05) is 13.8 Å². The summed E-state index contributed by atoms with van der Waals surface area (Å²) in [5, 5.41) is 27.3. The van der Waals surface area contributed by atoms with E-state index in [0.29, 0.717) is 19.2 Å². The van der Waals surface area contributed by atoms with Gasteiger partial charge in [0.2, 0.25) is 5.91 Å². The van der Waals surface area contributed by atoms with Crippen LogP contribution in [0.3, 0.4) is 0 Å². The molecule has 0 bridgehead atoms. The van der Waals surface area contributed by atoms with Crippen LogP contribution in [0.15, 0.2) is 35.0 Å². The van der Waals surface area contributed by atoms with Crippen molar-refractivity contribution >= 4 is 41.9 Å². The standard InChI is InChI=1S/C21H27N7O4/c1-21(2)8-9-28(20(21)32)17(23)15(11-24-3)26-18(29)14-6-5-7-16(25-14)27(4)12-13(10-22)19(30)31/h5-7,10-12,15,22-23H,8-9H2,1-4H3,(H,26,29)(H,30,31). The first-order chi connectivity index (χ1) is 15.0. The molecule has 0 spiro atoms. The number of hydrogen-bond acceptors (Lipinski definition) is 8. The van der Waals surface area contributed by atoms with Crippen molar-refractivity contribution in [2.45, 2.75) is 26.3 Å². The second kappa shape index (κ2) is 9.94. The Morgan fingerprint density at radius 1 is 1.41 bits per heavy atom. The zero-order valence-corrected chi connectivity index (χ0v) is 18.4. The maximum atomic E-state index is 12.8. The van der Waals surface area contributed by atoms with Gasteiger partial charge < -0.3 is 20.7 Å². The van der Waals surface area contributed by atoms with Crippen molar-refractivity contribution in [3.05, 3.63) is 35.7 Å². The molecule has 1 saturated heterocycles. The number of amidine groups is 1. The normalized spacial score (nSPS) is 16.7. The largest absolute Gasteiger partial charge is 0.478 e. The lowest BCUT2D eigenvalue weighted by molar-refractivity contribution is -0.132. The van der Waals surface area contributed by atoms with Gasteiger partial charge in [-0.3, -0.25) is 24.9 Å². The molecule has 170 valence electrons. The summed E-state index contributed by atoms with van der Waals surface area (Å²) in [6.45, 7) is 4.02. The minimum Gasteiger partial charge on any atom is -0.478 e. The van der Waals surface area contributed by atoms with Gasteiger partial charge in [-0.2, -0.15) is 0 Å². The van der Waals surface area contributed by atoms with Crippen LogP contribution in [-0.4, -0.2) is 77.7 Å². The first-order valence-electron chi connectivity index (χ1n) is 9.81. The molecule has 0 aromatic carbocycles. The monoisotopic (exact) mass is 441 g/mol. The number of aliphatic carboxylic acids is 1. The molecule has 1 fully saturated rings. The zero-order valence-electron chi connectivity index (χ0n) is 18.4. The Morgan fingerprint density at radius 2 is 2.09 bits per heavy atom. The number of pyridine rings is 1. The Morgan fingerprint density at radius 3 is 2.62 bits per heavy atom. The minimum absolute atomic E-state index is 0.0323. The number of hydrogen-bond donors (Lipinski definition) is 4. The molecule has 2 amide bonds. The highest BCUT2D eigenvalue weighted by atomic mass is 16.4. The maximum Gasteiger partial charge on any atom is 0.338 e. The number of aromatic nitrogens is 1. The van der Waals surface area contributed by atoms with Crippen molar-refractivity contribution in [3.8, 4) is 0 Å². The summed E-state index contributed by atoms with van der Waals surface area (Å²) in [7, 11) is 3.05. The predicted molar refractivity (Wildman–Crippen MR) is 121 cm³/mol. The highest BCUT2D eigenvalue weighted by Gasteiger charge is 2.41. The molecular weight excluding hydrogens is 414 g/mol. The molecule has 32 heavy (non-hydrogen) atoms. The molecule has 4 N–H and O–H groups in total. The van der Waals surface area contributed by atoms with Gasteiger partial charge in [0, 0.05) is 44.7 Å². The molecule has 11 heteroatoms. The average Bonchev–Trinajstić information content (AvgIpc) is 3.03. The predicted octanol–water partition coefficient (Wildman–Crippen LogP) is 1.17. The van der Waals surface area contributed by atoms with E-state index in [1.54, 1.807) is 19.2 Å². The molecule has 0 aliphatic carbocycles. The molecule has 1 atom stereocenters. The summed E-state index contributed by atoms with van der Waals surface area (Å²) in [6.07, 6.45) is 3.90. The van der Waals surface area contributed by atoms with E-state index in [2.05, 4.69) is 15.3 Å².